The van der Waals surface area contributed by atoms with Crippen molar-refractivity contribution in [2.75, 3.05) is 7.05 Å². The molecule has 4 rings (SSSR count). The number of benzene rings is 1. The Morgan fingerprint density at radius 1 is 1.29 bits per heavy atom. The number of phenolic OH excluding ortho intramolecular Hbond substituents is 1. The van der Waals surface area contributed by atoms with Crippen molar-refractivity contribution >= 4 is 5.96 Å². The molecule has 24 heavy (non-hydrogen) atoms. The van der Waals surface area contributed by atoms with Crippen molar-refractivity contribution in [2.45, 2.75) is 69.7 Å². The van der Waals surface area contributed by atoms with Crippen LogP contribution in [0.4, 0.5) is 0 Å². The van der Waals surface area contributed by atoms with Crippen molar-refractivity contribution < 1.29 is 9.84 Å². The number of fused-ring (bicyclic) bond motifs is 3. The van der Waals surface area contributed by atoms with Gasteiger partial charge in [-0.1, -0.05) is 6.07 Å². The molecule has 0 amide bonds. The molecule has 0 spiro atoms. The SMILES string of the molecule is CN=C(NCc1c(O)ccc2c1CCCC2)NC1CC2CCC1O2. The van der Waals surface area contributed by atoms with E-state index < -0.39 is 0 Å². The maximum atomic E-state index is 10.3. The van der Waals surface area contributed by atoms with Crippen LogP contribution in [0.3, 0.4) is 0 Å². The van der Waals surface area contributed by atoms with E-state index in [9.17, 15) is 5.11 Å². The van der Waals surface area contributed by atoms with Gasteiger partial charge < -0.3 is 20.5 Å². The molecular weight excluding hydrogens is 302 g/mol. The summed E-state index contributed by atoms with van der Waals surface area (Å²) >= 11 is 0. The van der Waals surface area contributed by atoms with E-state index in [-0.39, 0.29) is 0 Å². The maximum Gasteiger partial charge on any atom is 0.191 e. The summed E-state index contributed by atoms with van der Waals surface area (Å²) in [6, 6.07) is 4.27. The number of aryl methyl sites for hydroxylation is 1. The fourth-order valence-corrected chi connectivity index (χ4v) is 4.42. The Hall–Kier alpha value is -1.75. The van der Waals surface area contributed by atoms with E-state index in [0.717, 1.165) is 37.2 Å². The zero-order valence-electron chi connectivity index (χ0n) is 14.3. The molecule has 0 saturated carbocycles. The number of nitrogens with one attached hydrogen (secondary N) is 2. The predicted molar refractivity (Wildman–Crippen MR) is 94.4 cm³/mol. The minimum atomic E-state index is 0.325. The van der Waals surface area contributed by atoms with Gasteiger partial charge in [0.1, 0.15) is 5.75 Å². The van der Waals surface area contributed by atoms with Crippen molar-refractivity contribution in [3.63, 3.8) is 0 Å². The summed E-state index contributed by atoms with van der Waals surface area (Å²) < 4.78 is 5.90. The third kappa shape index (κ3) is 2.97. The normalized spacial score (nSPS) is 28.7. The molecule has 130 valence electrons. The summed E-state index contributed by atoms with van der Waals surface area (Å²) in [6.45, 7) is 0.607. The number of guanidine groups is 1. The Morgan fingerprint density at radius 2 is 2.17 bits per heavy atom. The molecule has 5 nitrogen and oxygen atoms in total. The van der Waals surface area contributed by atoms with Crippen LogP contribution >= 0.6 is 0 Å². The summed E-state index contributed by atoms with van der Waals surface area (Å²) in [4.78, 5) is 4.35. The smallest absolute Gasteiger partial charge is 0.191 e. The van der Waals surface area contributed by atoms with Gasteiger partial charge in [0.25, 0.3) is 0 Å². The second kappa shape index (κ2) is 6.63. The van der Waals surface area contributed by atoms with E-state index >= 15 is 0 Å². The van der Waals surface area contributed by atoms with Crippen LogP contribution in [0.15, 0.2) is 17.1 Å². The fraction of sp³-hybridized carbons (Fsp3) is 0.632. The highest BCUT2D eigenvalue weighted by molar-refractivity contribution is 5.80. The molecule has 3 atom stereocenters. The molecule has 2 fully saturated rings. The number of nitrogens with zero attached hydrogens (tertiary/aromatic N) is 1. The summed E-state index contributed by atoms with van der Waals surface area (Å²) in [5.74, 6) is 1.19. The van der Waals surface area contributed by atoms with Crippen molar-refractivity contribution in [3.8, 4) is 5.75 Å². The topological polar surface area (TPSA) is 65.9 Å². The van der Waals surface area contributed by atoms with Gasteiger partial charge in [-0.3, -0.25) is 4.99 Å². The summed E-state index contributed by atoms with van der Waals surface area (Å²) in [7, 11) is 1.80. The summed E-state index contributed by atoms with van der Waals surface area (Å²) in [5.41, 5.74) is 3.74. The maximum absolute atomic E-state index is 10.3. The van der Waals surface area contributed by atoms with Gasteiger partial charge in [0.15, 0.2) is 5.96 Å². The lowest BCUT2D eigenvalue weighted by molar-refractivity contribution is 0.0992. The van der Waals surface area contributed by atoms with Crippen LogP contribution in [-0.2, 0) is 24.1 Å². The Balaban J connectivity index is 1.42. The number of aromatic hydroxyl groups is 1. The molecule has 3 unspecified atom stereocenters. The largest absolute Gasteiger partial charge is 0.508 e. The first-order valence-corrected chi connectivity index (χ1v) is 9.20. The van der Waals surface area contributed by atoms with Crippen LogP contribution in [0.1, 0.15) is 48.8 Å². The highest BCUT2D eigenvalue weighted by Gasteiger charge is 2.41. The van der Waals surface area contributed by atoms with E-state index in [4.69, 9.17) is 4.74 Å². The molecule has 1 aromatic rings. The average molecular weight is 329 g/mol. The molecule has 0 aromatic heterocycles. The van der Waals surface area contributed by atoms with Crippen LogP contribution in [0.5, 0.6) is 5.75 Å². The first-order valence-electron chi connectivity index (χ1n) is 9.20. The van der Waals surface area contributed by atoms with E-state index in [1.54, 1.807) is 7.05 Å². The third-order valence-electron chi connectivity index (χ3n) is 5.71. The fourth-order valence-electron chi connectivity index (χ4n) is 4.42. The predicted octanol–water partition coefficient (Wildman–Crippen LogP) is 2.26. The van der Waals surface area contributed by atoms with Gasteiger partial charge in [0.2, 0.25) is 0 Å². The number of ether oxygens (including phenoxy) is 1. The number of aliphatic imine (C=N–C) groups is 1. The zero-order valence-corrected chi connectivity index (χ0v) is 14.3. The highest BCUT2D eigenvalue weighted by Crippen LogP contribution is 2.34. The van der Waals surface area contributed by atoms with Gasteiger partial charge in [0, 0.05) is 19.2 Å². The first kappa shape index (κ1) is 15.8. The van der Waals surface area contributed by atoms with E-state index in [1.165, 1.54) is 30.4 Å². The molecule has 2 bridgehead atoms. The number of rotatable bonds is 3. The lowest BCUT2D eigenvalue weighted by atomic mass is 9.88. The minimum Gasteiger partial charge on any atom is -0.508 e. The second-order valence-electron chi connectivity index (χ2n) is 7.19. The standard InChI is InChI=1S/C19H27N3O2/c1-20-19(22-16-10-13-7-9-18(16)24-13)21-11-15-14-5-3-2-4-12(14)6-8-17(15)23/h6,8,13,16,18,23H,2-5,7,9-11H2,1H3,(H2,20,21,22). The van der Waals surface area contributed by atoms with Gasteiger partial charge in [-0.2, -0.15) is 0 Å². The van der Waals surface area contributed by atoms with Crippen LogP contribution in [-0.4, -0.2) is 36.4 Å². The Labute approximate surface area is 143 Å². The average Bonchev–Trinajstić information content (AvgIpc) is 3.22. The number of hydrogen-bond donors (Lipinski definition) is 3. The van der Waals surface area contributed by atoms with Crippen LogP contribution in [0, 0.1) is 0 Å². The van der Waals surface area contributed by atoms with Crippen molar-refractivity contribution in [1.82, 2.24) is 10.6 Å². The third-order valence-corrected chi connectivity index (χ3v) is 5.71. The van der Waals surface area contributed by atoms with E-state index in [1.807, 2.05) is 6.07 Å². The molecule has 1 aromatic carbocycles. The molecule has 1 aliphatic carbocycles. The molecule has 2 saturated heterocycles. The Kier molecular flexibility index (Phi) is 4.35. The molecule has 2 heterocycles. The second-order valence-corrected chi connectivity index (χ2v) is 7.19. The summed E-state index contributed by atoms with van der Waals surface area (Å²) in [5, 5.41) is 17.2. The van der Waals surface area contributed by atoms with Gasteiger partial charge in [-0.25, -0.2) is 0 Å². The number of phenols is 1. The lowest BCUT2D eigenvalue weighted by Gasteiger charge is -2.24. The lowest BCUT2D eigenvalue weighted by Crippen LogP contribution is -2.47. The highest BCUT2D eigenvalue weighted by atomic mass is 16.5. The molecule has 3 aliphatic rings. The van der Waals surface area contributed by atoms with Gasteiger partial charge in [-0.15, -0.1) is 0 Å². The van der Waals surface area contributed by atoms with E-state index in [2.05, 4.69) is 21.7 Å². The van der Waals surface area contributed by atoms with Crippen molar-refractivity contribution in [3.05, 3.63) is 28.8 Å². The first-order chi connectivity index (χ1) is 11.7. The quantitative estimate of drug-likeness (QED) is 0.588. The van der Waals surface area contributed by atoms with Crippen LogP contribution < -0.4 is 10.6 Å². The van der Waals surface area contributed by atoms with Crippen LogP contribution in [0.25, 0.3) is 0 Å². The minimum absolute atomic E-state index is 0.325. The monoisotopic (exact) mass is 329 g/mol. The van der Waals surface area contributed by atoms with Gasteiger partial charge in [-0.05, 0) is 62.1 Å². The van der Waals surface area contributed by atoms with Crippen molar-refractivity contribution in [1.29, 1.82) is 0 Å². The zero-order chi connectivity index (χ0) is 16.5. The Bertz CT molecular complexity index is 644. The van der Waals surface area contributed by atoms with Gasteiger partial charge >= 0.3 is 0 Å². The molecule has 2 aliphatic heterocycles. The van der Waals surface area contributed by atoms with E-state index in [0.29, 0.717) is 30.5 Å². The molecule has 5 heteroatoms. The van der Waals surface area contributed by atoms with Gasteiger partial charge in [0.05, 0.1) is 18.2 Å². The Morgan fingerprint density at radius 3 is 2.92 bits per heavy atom. The molecule has 3 N–H and O–H groups in total. The number of hydrogen-bond acceptors (Lipinski definition) is 3. The van der Waals surface area contributed by atoms with Crippen molar-refractivity contribution in [2.24, 2.45) is 4.99 Å². The summed E-state index contributed by atoms with van der Waals surface area (Å²) in [6.07, 6.45) is 8.80. The van der Waals surface area contributed by atoms with Crippen LogP contribution in [0.2, 0.25) is 0 Å². The molecule has 0 radical (unpaired) electrons. The molecular formula is C19H27N3O2.